The molecule has 1 saturated carbocycles. The van der Waals surface area contributed by atoms with Gasteiger partial charge in [-0.2, -0.15) is 0 Å². The van der Waals surface area contributed by atoms with E-state index in [1.54, 1.807) is 11.1 Å². The van der Waals surface area contributed by atoms with E-state index < -0.39 is 0 Å². The first-order valence-electron chi connectivity index (χ1n) is 14.4. The molecule has 0 heterocycles. The molecule has 0 amide bonds. The molecule has 3 aromatic rings. The normalized spacial score (nSPS) is 18.5. The molecular weight excluding hydrogens is 436 g/mol. The predicted molar refractivity (Wildman–Crippen MR) is 155 cm³/mol. The minimum Gasteiger partial charge on any atom is -0.307 e. The van der Waals surface area contributed by atoms with E-state index in [4.69, 9.17) is 0 Å². The van der Waals surface area contributed by atoms with E-state index in [9.17, 15) is 0 Å². The molecule has 2 aliphatic rings. The van der Waals surface area contributed by atoms with E-state index in [2.05, 4.69) is 98.1 Å². The van der Waals surface area contributed by atoms with Gasteiger partial charge in [0.25, 0.3) is 0 Å². The van der Waals surface area contributed by atoms with Crippen LogP contribution < -0.4 is 10.6 Å². The first-order chi connectivity index (χ1) is 17.6. The van der Waals surface area contributed by atoms with Crippen LogP contribution in [0.5, 0.6) is 0 Å². The van der Waals surface area contributed by atoms with Crippen LogP contribution in [0.15, 0.2) is 66.7 Å². The van der Waals surface area contributed by atoms with Crippen LogP contribution in [0.2, 0.25) is 0 Å². The Hall–Kier alpha value is -2.42. The van der Waals surface area contributed by atoms with Gasteiger partial charge in [0, 0.05) is 24.2 Å². The second kappa shape index (κ2) is 12.7. The molecule has 0 spiro atoms. The molecule has 2 N–H and O–H groups in total. The fourth-order valence-corrected chi connectivity index (χ4v) is 5.82. The minimum absolute atomic E-state index is 0.328. The molecule has 2 aliphatic carbocycles. The quantitative estimate of drug-likeness (QED) is 0.318. The van der Waals surface area contributed by atoms with Crippen LogP contribution in [0, 0.1) is 6.92 Å². The second-order valence-corrected chi connectivity index (χ2v) is 10.5. The Kier molecular flexibility index (Phi) is 9.40. The van der Waals surface area contributed by atoms with Gasteiger partial charge in [0.2, 0.25) is 0 Å². The largest absolute Gasteiger partial charge is 0.307 e. The summed E-state index contributed by atoms with van der Waals surface area (Å²) < 4.78 is 0. The van der Waals surface area contributed by atoms with E-state index in [0.29, 0.717) is 18.1 Å². The highest BCUT2D eigenvalue weighted by Gasteiger charge is 2.28. The number of aryl methyl sites for hydroxylation is 2. The molecule has 3 unspecified atom stereocenters. The van der Waals surface area contributed by atoms with Crippen molar-refractivity contribution in [3.8, 4) is 11.1 Å². The summed E-state index contributed by atoms with van der Waals surface area (Å²) in [6.45, 7) is 10.9. The molecule has 5 rings (SSSR count). The van der Waals surface area contributed by atoms with Gasteiger partial charge >= 0.3 is 0 Å². The number of benzene rings is 3. The molecule has 192 valence electrons. The van der Waals surface area contributed by atoms with Crippen LogP contribution in [0.25, 0.3) is 11.1 Å². The predicted octanol–water partition coefficient (Wildman–Crippen LogP) is 9.01. The molecule has 0 bridgehead atoms. The fourth-order valence-electron chi connectivity index (χ4n) is 5.82. The van der Waals surface area contributed by atoms with Crippen LogP contribution >= 0.6 is 0 Å². The SMILES string of the molecule is CC.CCCC(NC(C)c1ccc2c(c1)CCC2NC1CCC1)c1ccc(-c2ccccc2)c(C)c1. The zero-order chi connectivity index (χ0) is 25.5. The number of hydrogen-bond donors (Lipinski definition) is 2. The Bertz CT molecular complexity index is 1100. The van der Waals surface area contributed by atoms with Gasteiger partial charge in [-0.1, -0.05) is 100 Å². The van der Waals surface area contributed by atoms with Crippen molar-refractivity contribution < 1.29 is 0 Å². The topological polar surface area (TPSA) is 24.1 Å². The Morgan fingerprint density at radius 2 is 1.64 bits per heavy atom. The second-order valence-electron chi connectivity index (χ2n) is 10.5. The molecule has 36 heavy (non-hydrogen) atoms. The lowest BCUT2D eigenvalue weighted by molar-refractivity contribution is 0.304. The summed E-state index contributed by atoms with van der Waals surface area (Å²) >= 11 is 0. The van der Waals surface area contributed by atoms with E-state index in [0.717, 1.165) is 12.5 Å². The van der Waals surface area contributed by atoms with Gasteiger partial charge in [0.05, 0.1) is 0 Å². The van der Waals surface area contributed by atoms with Crippen molar-refractivity contribution in [2.24, 2.45) is 0 Å². The fraction of sp³-hybridized carbons (Fsp3) is 0.471. The summed E-state index contributed by atoms with van der Waals surface area (Å²) in [6, 6.07) is 27.0. The Labute approximate surface area is 219 Å². The number of rotatable bonds is 9. The molecule has 2 nitrogen and oxygen atoms in total. The Balaban J connectivity index is 0.00000148. The third kappa shape index (κ3) is 6.10. The third-order valence-electron chi connectivity index (χ3n) is 8.05. The highest BCUT2D eigenvalue weighted by molar-refractivity contribution is 5.67. The van der Waals surface area contributed by atoms with Crippen molar-refractivity contribution in [3.05, 3.63) is 94.5 Å². The summed E-state index contributed by atoms with van der Waals surface area (Å²) in [5.74, 6) is 0. The Morgan fingerprint density at radius 3 is 2.31 bits per heavy atom. The van der Waals surface area contributed by atoms with Gasteiger partial charge in [-0.3, -0.25) is 0 Å². The van der Waals surface area contributed by atoms with E-state index in [1.165, 1.54) is 66.3 Å². The van der Waals surface area contributed by atoms with Crippen molar-refractivity contribution in [1.29, 1.82) is 0 Å². The van der Waals surface area contributed by atoms with Crippen molar-refractivity contribution >= 4 is 0 Å². The maximum absolute atomic E-state index is 3.97. The van der Waals surface area contributed by atoms with Crippen LogP contribution in [0.3, 0.4) is 0 Å². The number of hydrogen-bond acceptors (Lipinski definition) is 2. The zero-order valence-electron chi connectivity index (χ0n) is 23.1. The van der Waals surface area contributed by atoms with E-state index >= 15 is 0 Å². The summed E-state index contributed by atoms with van der Waals surface area (Å²) in [5, 5.41) is 7.87. The zero-order valence-corrected chi connectivity index (χ0v) is 23.1. The number of fused-ring (bicyclic) bond motifs is 1. The van der Waals surface area contributed by atoms with Crippen molar-refractivity contribution in [2.75, 3.05) is 0 Å². The molecule has 0 aliphatic heterocycles. The summed E-state index contributed by atoms with van der Waals surface area (Å²) in [4.78, 5) is 0. The summed E-state index contributed by atoms with van der Waals surface area (Å²) in [7, 11) is 0. The molecular formula is C34H46N2. The van der Waals surface area contributed by atoms with Gasteiger partial charge in [-0.25, -0.2) is 0 Å². The standard InChI is InChI=1S/C32H40N2.C2H6/c1-4-9-31(27-15-17-29(22(2)20-27)24-10-6-5-7-11-24)33-23(3)25-14-18-30-26(21-25)16-19-32(30)34-28-12-8-13-28;1-2/h5-7,10-11,14-15,17-18,20-21,23,28,31-34H,4,8-9,12-13,16,19H2,1-3H3;1-2H3. The van der Waals surface area contributed by atoms with Gasteiger partial charge in [0.1, 0.15) is 0 Å². The molecule has 0 aromatic heterocycles. The molecule has 0 radical (unpaired) electrons. The van der Waals surface area contributed by atoms with E-state index in [-0.39, 0.29) is 0 Å². The smallest absolute Gasteiger partial charge is 0.0328 e. The van der Waals surface area contributed by atoms with Gasteiger partial charge in [0.15, 0.2) is 0 Å². The molecule has 2 heteroatoms. The van der Waals surface area contributed by atoms with Crippen LogP contribution in [-0.4, -0.2) is 6.04 Å². The lowest BCUT2D eigenvalue weighted by Crippen LogP contribution is -2.37. The average molecular weight is 483 g/mol. The lowest BCUT2D eigenvalue weighted by Gasteiger charge is -2.30. The molecule has 3 aromatic carbocycles. The first-order valence-corrected chi connectivity index (χ1v) is 14.4. The Morgan fingerprint density at radius 1 is 0.889 bits per heavy atom. The van der Waals surface area contributed by atoms with Gasteiger partial charge in [-0.05, 0) is 84.9 Å². The summed E-state index contributed by atoms with van der Waals surface area (Å²) in [6.07, 6.45) is 8.88. The first kappa shape index (κ1) is 26.6. The molecule has 1 fully saturated rings. The van der Waals surface area contributed by atoms with Crippen LogP contribution in [0.4, 0.5) is 0 Å². The van der Waals surface area contributed by atoms with Gasteiger partial charge < -0.3 is 10.6 Å². The third-order valence-corrected chi connectivity index (χ3v) is 8.05. The maximum Gasteiger partial charge on any atom is 0.0328 e. The van der Waals surface area contributed by atoms with Crippen LogP contribution in [0.1, 0.15) is 112 Å². The monoisotopic (exact) mass is 482 g/mol. The van der Waals surface area contributed by atoms with Crippen LogP contribution in [-0.2, 0) is 6.42 Å². The van der Waals surface area contributed by atoms with E-state index in [1.807, 2.05) is 13.8 Å². The van der Waals surface area contributed by atoms with Gasteiger partial charge in [-0.15, -0.1) is 0 Å². The minimum atomic E-state index is 0.328. The lowest BCUT2D eigenvalue weighted by atomic mass is 9.91. The van der Waals surface area contributed by atoms with Crippen molar-refractivity contribution in [2.45, 2.75) is 104 Å². The molecule has 3 atom stereocenters. The highest BCUT2D eigenvalue weighted by Crippen LogP contribution is 2.36. The number of nitrogens with one attached hydrogen (secondary N) is 2. The molecule has 0 saturated heterocycles. The summed E-state index contributed by atoms with van der Waals surface area (Å²) in [5.41, 5.74) is 9.89. The highest BCUT2D eigenvalue weighted by atomic mass is 15.0. The average Bonchev–Trinajstić information content (AvgIpc) is 3.29. The van der Waals surface area contributed by atoms with Crippen molar-refractivity contribution in [1.82, 2.24) is 10.6 Å². The van der Waals surface area contributed by atoms with Crippen molar-refractivity contribution in [3.63, 3.8) is 0 Å². The maximum atomic E-state index is 3.97.